The van der Waals surface area contributed by atoms with E-state index in [2.05, 4.69) is 10.1 Å². The van der Waals surface area contributed by atoms with Gasteiger partial charge in [-0.3, -0.25) is 0 Å². The summed E-state index contributed by atoms with van der Waals surface area (Å²) in [7, 11) is 1.41. The highest BCUT2D eigenvalue weighted by Crippen LogP contribution is 2.22. The highest BCUT2D eigenvalue weighted by atomic mass is 32.1. The van der Waals surface area contributed by atoms with E-state index in [0.717, 1.165) is 10.9 Å². The zero-order valence-corrected chi connectivity index (χ0v) is 12.8. The molecule has 0 N–H and O–H groups in total. The molecule has 2 aromatic heterocycles. The number of rotatable bonds is 5. The van der Waals surface area contributed by atoms with Crippen molar-refractivity contribution < 1.29 is 23.2 Å². The van der Waals surface area contributed by atoms with Gasteiger partial charge < -0.3 is 14.0 Å². The minimum atomic E-state index is -0.818. The van der Waals surface area contributed by atoms with Gasteiger partial charge in [-0.2, -0.15) is 4.98 Å². The Morgan fingerprint density at radius 2 is 2.26 bits per heavy atom. The topological polar surface area (TPSA) is 74.5 Å². The van der Waals surface area contributed by atoms with Crippen LogP contribution in [-0.2, 0) is 11.3 Å². The summed E-state index contributed by atoms with van der Waals surface area (Å²) in [4.78, 5) is 16.8. The monoisotopic (exact) mass is 334 g/mol. The van der Waals surface area contributed by atoms with Crippen LogP contribution in [0.2, 0.25) is 0 Å². The van der Waals surface area contributed by atoms with Crippen LogP contribution in [-0.4, -0.2) is 23.2 Å². The lowest BCUT2D eigenvalue weighted by Crippen LogP contribution is -2.08. The van der Waals surface area contributed by atoms with Crippen LogP contribution in [0.15, 0.2) is 40.2 Å². The van der Waals surface area contributed by atoms with E-state index in [1.165, 1.54) is 30.6 Å². The molecule has 0 amide bonds. The van der Waals surface area contributed by atoms with Crippen LogP contribution in [0.25, 0.3) is 10.7 Å². The Morgan fingerprint density at radius 3 is 2.96 bits per heavy atom. The van der Waals surface area contributed by atoms with Crippen LogP contribution < -0.4 is 4.74 Å². The zero-order chi connectivity index (χ0) is 16.2. The third-order valence-corrected chi connectivity index (χ3v) is 3.80. The van der Waals surface area contributed by atoms with Gasteiger partial charge in [0.2, 0.25) is 5.82 Å². The molecule has 0 bridgehead atoms. The number of carbonyl (C=O) groups excluding carboxylic acids is 1. The average Bonchev–Trinajstić information content (AvgIpc) is 3.23. The predicted octanol–water partition coefficient (Wildman–Crippen LogP) is 3.30. The lowest BCUT2D eigenvalue weighted by Gasteiger charge is -2.05. The molecule has 0 spiro atoms. The van der Waals surface area contributed by atoms with Gasteiger partial charge in [-0.15, -0.1) is 11.3 Å². The number of thiophene rings is 1. The number of hydrogen-bond acceptors (Lipinski definition) is 7. The first-order valence-corrected chi connectivity index (χ1v) is 7.42. The Hall–Kier alpha value is -2.74. The van der Waals surface area contributed by atoms with E-state index in [0.29, 0.717) is 11.6 Å². The lowest BCUT2D eigenvalue weighted by molar-refractivity contribution is 0.0424. The first kappa shape index (κ1) is 15.2. The van der Waals surface area contributed by atoms with Gasteiger partial charge in [-0.25, -0.2) is 9.18 Å². The maximum absolute atomic E-state index is 13.8. The summed E-state index contributed by atoms with van der Waals surface area (Å²) >= 11 is 1.46. The Bertz CT molecular complexity index is 817. The van der Waals surface area contributed by atoms with Gasteiger partial charge in [0.15, 0.2) is 6.61 Å². The van der Waals surface area contributed by atoms with Crippen molar-refractivity contribution in [1.82, 2.24) is 10.1 Å². The number of halogens is 1. The van der Waals surface area contributed by atoms with Crippen LogP contribution in [0, 0.1) is 5.82 Å². The summed E-state index contributed by atoms with van der Waals surface area (Å²) in [6.07, 6.45) is 0. The third-order valence-electron chi connectivity index (χ3n) is 2.93. The molecular weight excluding hydrogens is 323 g/mol. The number of nitrogens with zero attached hydrogens (tertiary/aromatic N) is 2. The van der Waals surface area contributed by atoms with Gasteiger partial charge in [0.25, 0.3) is 5.89 Å². The van der Waals surface area contributed by atoms with Gasteiger partial charge in [0, 0.05) is 6.07 Å². The van der Waals surface area contributed by atoms with E-state index in [-0.39, 0.29) is 18.1 Å². The third kappa shape index (κ3) is 3.37. The van der Waals surface area contributed by atoms with Crippen molar-refractivity contribution in [2.75, 3.05) is 7.11 Å². The minimum Gasteiger partial charge on any atom is -0.497 e. The summed E-state index contributed by atoms with van der Waals surface area (Å²) in [5, 5.41) is 5.68. The highest BCUT2D eigenvalue weighted by molar-refractivity contribution is 7.13. The maximum Gasteiger partial charge on any atom is 0.341 e. The maximum atomic E-state index is 13.8. The fourth-order valence-corrected chi connectivity index (χ4v) is 2.46. The Balaban J connectivity index is 1.65. The molecule has 0 radical (unpaired) electrons. The molecule has 3 aromatic rings. The van der Waals surface area contributed by atoms with Crippen molar-refractivity contribution in [3.8, 4) is 16.5 Å². The van der Waals surface area contributed by atoms with Crippen LogP contribution in [0.1, 0.15) is 16.2 Å². The molecule has 23 heavy (non-hydrogen) atoms. The molecule has 0 aliphatic rings. The van der Waals surface area contributed by atoms with Crippen LogP contribution >= 0.6 is 11.3 Å². The van der Waals surface area contributed by atoms with Gasteiger partial charge in [0.05, 0.1) is 17.6 Å². The molecule has 118 valence electrons. The van der Waals surface area contributed by atoms with Gasteiger partial charge in [0.1, 0.15) is 11.6 Å². The number of ether oxygens (including phenoxy) is 2. The Kier molecular flexibility index (Phi) is 4.33. The molecule has 0 aliphatic carbocycles. The number of benzene rings is 1. The minimum absolute atomic E-state index is 0.135. The molecule has 3 rings (SSSR count). The second kappa shape index (κ2) is 6.57. The molecule has 1 aromatic carbocycles. The molecule has 6 nitrogen and oxygen atoms in total. The molecule has 0 aliphatic heterocycles. The van der Waals surface area contributed by atoms with Gasteiger partial charge in [-0.05, 0) is 23.6 Å². The lowest BCUT2D eigenvalue weighted by atomic mass is 10.2. The number of esters is 1. The van der Waals surface area contributed by atoms with Crippen molar-refractivity contribution in [3.63, 3.8) is 0 Å². The van der Waals surface area contributed by atoms with Crippen molar-refractivity contribution >= 4 is 17.3 Å². The van der Waals surface area contributed by atoms with Crippen molar-refractivity contribution in [2.45, 2.75) is 6.61 Å². The zero-order valence-electron chi connectivity index (χ0n) is 12.0. The standard InChI is InChI=1S/C15H11FN2O4S/c1-20-9-4-5-10(11(16)7-9)15(19)21-8-13-17-14(18-22-13)12-3-2-6-23-12/h2-7H,8H2,1H3. The molecule has 8 heteroatoms. The molecule has 0 saturated carbocycles. The number of carbonyl (C=O) groups is 1. The normalized spacial score (nSPS) is 10.5. The molecule has 0 unspecified atom stereocenters. The molecule has 2 heterocycles. The fraction of sp³-hybridized carbons (Fsp3) is 0.133. The smallest absolute Gasteiger partial charge is 0.341 e. The quantitative estimate of drug-likeness (QED) is 0.667. The summed E-state index contributed by atoms with van der Waals surface area (Å²) in [5.74, 6) is -0.672. The summed E-state index contributed by atoms with van der Waals surface area (Å²) < 4.78 is 28.6. The predicted molar refractivity (Wildman–Crippen MR) is 79.7 cm³/mol. The first-order chi connectivity index (χ1) is 11.2. The van der Waals surface area contributed by atoms with Crippen molar-refractivity contribution in [3.05, 3.63) is 53.0 Å². The molecular formula is C15H11FN2O4S. The SMILES string of the molecule is COc1ccc(C(=O)OCc2nc(-c3cccs3)no2)c(F)c1. The second-order valence-electron chi connectivity index (χ2n) is 4.41. The van der Waals surface area contributed by atoms with Crippen molar-refractivity contribution in [1.29, 1.82) is 0 Å². The summed E-state index contributed by atoms with van der Waals surface area (Å²) in [6, 6.07) is 7.58. The summed E-state index contributed by atoms with van der Waals surface area (Å²) in [6.45, 7) is -0.233. The first-order valence-electron chi connectivity index (χ1n) is 6.54. The molecule has 0 atom stereocenters. The van der Waals surface area contributed by atoms with Crippen LogP contribution in [0.4, 0.5) is 4.39 Å². The molecule has 0 saturated heterocycles. The number of hydrogen-bond donors (Lipinski definition) is 0. The van der Waals surface area contributed by atoms with Gasteiger partial charge >= 0.3 is 5.97 Å². The summed E-state index contributed by atoms with van der Waals surface area (Å²) in [5.41, 5.74) is -0.191. The Morgan fingerprint density at radius 1 is 1.39 bits per heavy atom. The van der Waals surface area contributed by atoms with Crippen LogP contribution in [0.3, 0.4) is 0 Å². The Labute approximate surface area is 134 Å². The number of aromatic nitrogens is 2. The number of methoxy groups -OCH3 is 1. The van der Waals surface area contributed by atoms with E-state index in [9.17, 15) is 9.18 Å². The van der Waals surface area contributed by atoms with Crippen LogP contribution in [0.5, 0.6) is 5.75 Å². The van der Waals surface area contributed by atoms with Crippen molar-refractivity contribution in [2.24, 2.45) is 0 Å². The van der Waals surface area contributed by atoms with E-state index < -0.39 is 11.8 Å². The van der Waals surface area contributed by atoms with E-state index in [4.69, 9.17) is 14.0 Å². The van der Waals surface area contributed by atoms with E-state index in [1.54, 1.807) is 0 Å². The second-order valence-corrected chi connectivity index (χ2v) is 5.36. The van der Waals surface area contributed by atoms with Gasteiger partial charge in [-0.1, -0.05) is 11.2 Å². The van der Waals surface area contributed by atoms with E-state index >= 15 is 0 Å². The largest absolute Gasteiger partial charge is 0.497 e. The average molecular weight is 334 g/mol. The molecule has 0 fully saturated rings. The fourth-order valence-electron chi connectivity index (χ4n) is 1.81. The highest BCUT2D eigenvalue weighted by Gasteiger charge is 2.16. The van der Waals surface area contributed by atoms with E-state index in [1.807, 2.05) is 17.5 Å².